The van der Waals surface area contributed by atoms with Gasteiger partial charge in [0.25, 0.3) is 5.91 Å². The normalized spacial score (nSPS) is 12.3. The van der Waals surface area contributed by atoms with Crippen LogP contribution < -0.4 is 19.5 Å². The number of hydrogen-bond donors (Lipinski definition) is 3. The maximum atomic E-state index is 12.8. The standard InChI is InChI=1S/C21H29N3O6S2/c1-6-13-31(26,27)23-17-10-8-16(9-11-17)22-20(25)15-7-12-18(30-5)19(14-15)32(28,29)24-21(2,3)4/h7-12,14,23-24H,6,13H2,1-5H3,(H,22,25). The first-order chi connectivity index (χ1) is 14.8. The van der Waals surface area contributed by atoms with Crippen molar-refractivity contribution in [2.45, 2.75) is 44.6 Å². The van der Waals surface area contributed by atoms with Gasteiger partial charge in [-0.25, -0.2) is 21.6 Å². The summed E-state index contributed by atoms with van der Waals surface area (Å²) in [6, 6.07) is 10.3. The molecule has 9 nitrogen and oxygen atoms in total. The summed E-state index contributed by atoms with van der Waals surface area (Å²) >= 11 is 0. The van der Waals surface area contributed by atoms with Crippen molar-refractivity contribution in [3.63, 3.8) is 0 Å². The largest absolute Gasteiger partial charge is 0.495 e. The van der Waals surface area contributed by atoms with Gasteiger partial charge < -0.3 is 10.1 Å². The number of carbonyl (C=O) groups excluding carboxylic acids is 1. The number of sulfonamides is 2. The van der Waals surface area contributed by atoms with Crippen molar-refractivity contribution in [3.8, 4) is 5.75 Å². The van der Waals surface area contributed by atoms with Gasteiger partial charge in [-0.1, -0.05) is 6.92 Å². The first kappa shape index (κ1) is 25.6. The zero-order chi connectivity index (χ0) is 24.2. The molecule has 2 rings (SSSR count). The Morgan fingerprint density at radius 3 is 2.09 bits per heavy atom. The van der Waals surface area contributed by atoms with Gasteiger partial charge in [0.05, 0.1) is 12.9 Å². The molecule has 0 radical (unpaired) electrons. The van der Waals surface area contributed by atoms with Crippen LogP contribution >= 0.6 is 0 Å². The number of anilines is 2. The van der Waals surface area contributed by atoms with Gasteiger partial charge in [0.15, 0.2) is 0 Å². The number of rotatable bonds is 9. The Morgan fingerprint density at radius 1 is 0.969 bits per heavy atom. The average molecular weight is 484 g/mol. The summed E-state index contributed by atoms with van der Waals surface area (Å²) < 4.78 is 59.4. The van der Waals surface area contributed by atoms with E-state index in [-0.39, 0.29) is 22.0 Å². The first-order valence-corrected chi connectivity index (χ1v) is 13.0. The van der Waals surface area contributed by atoms with Crippen LogP contribution in [0.4, 0.5) is 11.4 Å². The number of nitrogens with one attached hydrogen (secondary N) is 3. The van der Waals surface area contributed by atoms with Gasteiger partial charge >= 0.3 is 0 Å². The Morgan fingerprint density at radius 2 is 1.56 bits per heavy atom. The van der Waals surface area contributed by atoms with Crippen LogP contribution in [-0.2, 0) is 20.0 Å². The topological polar surface area (TPSA) is 131 Å². The van der Waals surface area contributed by atoms with E-state index in [1.165, 1.54) is 37.4 Å². The van der Waals surface area contributed by atoms with Crippen molar-refractivity contribution in [1.82, 2.24) is 4.72 Å². The molecule has 0 atom stereocenters. The smallest absolute Gasteiger partial charge is 0.255 e. The number of hydrogen-bond acceptors (Lipinski definition) is 6. The van der Waals surface area contributed by atoms with E-state index in [0.717, 1.165) is 0 Å². The van der Waals surface area contributed by atoms with Gasteiger partial charge in [0, 0.05) is 22.5 Å². The molecule has 0 aliphatic carbocycles. The zero-order valence-corrected chi connectivity index (χ0v) is 20.4. The van der Waals surface area contributed by atoms with E-state index >= 15 is 0 Å². The third kappa shape index (κ3) is 7.21. The molecule has 11 heteroatoms. The molecule has 0 aliphatic heterocycles. The second kappa shape index (κ2) is 9.88. The second-order valence-corrected chi connectivity index (χ2v) is 11.7. The van der Waals surface area contributed by atoms with Crippen LogP contribution in [0.3, 0.4) is 0 Å². The summed E-state index contributed by atoms with van der Waals surface area (Å²) in [5, 5.41) is 2.67. The van der Waals surface area contributed by atoms with E-state index in [1.807, 2.05) is 0 Å². The molecule has 32 heavy (non-hydrogen) atoms. The summed E-state index contributed by atoms with van der Waals surface area (Å²) in [5.74, 6) is -0.403. The SMILES string of the molecule is CCCS(=O)(=O)Nc1ccc(NC(=O)c2ccc(OC)c(S(=O)(=O)NC(C)(C)C)c2)cc1. The van der Waals surface area contributed by atoms with Gasteiger partial charge in [0.1, 0.15) is 10.6 Å². The highest BCUT2D eigenvalue weighted by atomic mass is 32.2. The van der Waals surface area contributed by atoms with Gasteiger partial charge in [0.2, 0.25) is 20.0 Å². The number of amides is 1. The Kier molecular flexibility index (Phi) is 7.92. The minimum atomic E-state index is -3.94. The number of benzene rings is 2. The molecule has 0 saturated carbocycles. The van der Waals surface area contributed by atoms with E-state index < -0.39 is 31.5 Å². The molecule has 0 spiro atoms. The monoisotopic (exact) mass is 483 g/mol. The van der Waals surface area contributed by atoms with Crippen LogP contribution in [0.1, 0.15) is 44.5 Å². The van der Waals surface area contributed by atoms with Crippen LogP contribution in [0.15, 0.2) is 47.4 Å². The van der Waals surface area contributed by atoms with Crippen molar-refractivity contribution < 1.29 is 26.4 Å². The molecule has 1 amide bonds. The van der Waals surface area contributed by atoms with Gasteiger partial charge in [-0.3, -0.25) is 9.52 Å². The first-order valence-electron chi connectivity index (χ1n) is 9.90. The van der Waals surface area contributed by atoms with Crippen LogP contribution in [0, 0.1) is 0 Å². The summed E-state index contributed by atoms with van der Waals surface area (Å²) in [7, 11) is -6.00. The van der Waals surface area contributed by atoms with Gasteiger partial charge in [-0.15, -0.1) is 0 Å². The lowest BCUT2D eigenvalue weighted by atomic mass is 10.1. The van der Waals surface area contributed by atoms with Crippen molar-refractivity contribution in [3.05, 3.63) is 48.0 Å². The number of ether oxygens (including phenoxy) is 1. The quantitative estimate of drug-likeness (QED) is 0.502. The molecule has 0 bridgehead atoms. The average Bonchev–Trinajstić information content (AvgIpc) is 2.66. The molecule has 0 heterocycles. The Balaban J connectivity index is 2.23. The predicted octanol–water partition coefficient (Wildman–Crippen LogP) is 3.18. The molecule has 0 fully saturated rings. The van der Waals surface area contributed by atoms with Crippen LogP contribution in [0.5, 0.6) is 5.75 Å². The highest BCUT2D eigenvalue weighted by Crippen LogP contribution is 2.26. The minimum Gasteiger partial charge on any atom is -0.495 e. The fourth-order valence-electron chi connectivity index (χ4n) is 2.81. The zero-order valence-electron chi connectivity index (χ0n) is 18.7. The molecular weight excluding hydrogens is 454 g/mol. The van der Waals surface area contributed by atoms with E-state index in [2.05, 4.69) is 14.8 Å². The van der Waals surface area contributed by atoms with E-state index in [1.54, 1.807) is 39.8 Å². The summed E-state index contributed by atoms with van der Waals surface area (Å²) in [6.07, 6.45) is 0.494. The van der Waals surface area contributed by atoms with Crippen molar-refractivity contribution in [1.29, 1.82) is 0 Å². The molecule has 0 aliphatic rings. The highest BCUT2D eigenvalue weighted by Gasteiger charge is 2.26. The van der Waals surface area contributed by atoms with Gasteiger partial charge in [-0.05, 0) is 69.7 Å². The van der Waals surface area contributed by atoms with E-state index in [4.69, 9.17) is 4.74 Å². The van der Waals surface area contributed by atoms with Crippen LogP contribution in [-0.4, -0.2) is 41.1 Å². The Bertz CT molecular complexity index is 1170. The second-order valence-electron chi connectivity index (χ2n) is 8.17. The lowest BCUT2D eigenvalue weighted by molar-refractivity contribution is 0.102. The number of methoxy groups -OCH3 is 1. The lowest BCUT2D eigenvalue weighted by Gasteiger charge is -2.21. The lowest BCUT2D eigenvalue weighted by Crippen LogP contribution is -2.40. The van der Waals surface area contributed by atoms with Crippen molar-refractivity contribution >= 4 is 37.3 Å². The predicted molar refractivity (Wildman–Crippen MR) is 125 cm³/mol. The van der Waals surface area contributed by atoms with E-state index in [0.29, 0.717) is 17.8 Å². The Hall–Kier alpha value is -2.63. The molecule has 3 N–H and O–H groups in total. The molecule has 2 aromatic rings. The molecule has 0 aromatic heterocycles. The molecule has 176 valence electrons. The molecule has 0 saturated heterocycles. The minimum absolute atomic E-state index is 0.0122. The molecular formula is C21H29N3O6S2. The number of carbonyl (C=O) groups is 1. The fourth-order valence-corrected chi connectivity index (χ4v) is 5.56. The third-order valence-corrected chi connectivity index (χ3v) is 7.32. The Labute approximate surface area is 189 Å². The maximum absolute atomic E-state index is 12.8. The van der Waals surface area contributed by atoms with Gasteiger partial charge in [-0.2, -0.15) is 0 Å². The highest BCUT2D eigenvalue weighted by molar-refractivity contribution is 7.92. The van der Waals surface area contributed by atoms with E-state index in [9.17, 15) is 21.6 Å². The molecule has 0 unspecified atom stereocenters. The van der Waals surface area contributed by atoms with Crippen LogP contribution in [0.25, 0.3) is 0 Å². The maximum Gasteiger partial charge on any atom is 0.255 e. The molecule has 2 aromatic carbocycles. The van der Waals surface area contributed by atoms with Crippen LogP contribution in [0.2, 0.25) is 0 Å². The third-order valence-electron chi connectivity index (χ3n) is 4.04. The van der Waals surface area contributed by atoms with Crippen molar-refractivity contribution in [2.75, 3.05) is 22.9 Å². The summed E-state index contributed by atoms with van der Waals surface area (Å²) in [4.78, 5) is 12.5. The van der Waals surface area contributed by atoms with Crippen molar-refractivity contribution in [2.24, 2.45) is 0 Å². The summed E-state index contributed by atoms with van der Waals surface area (Å²) in [6.45, 7) is 6.89. The fraction of sp³-hybridized carbons (Fsp3) is 0.381. The summed E-state index contributed by atoms with van der Waals surface area (Å²) in [5.41, 5.74) is 0.194.